The summed E-state index contributed by atoms with van der Waals surface area (Å²) in [6.45, 7) is 5.37. The molecule has 1 saturated heterocycles. The number of H-pyrrole nitrogens is 1. The number of piperidine rings is 1. The van der Waals surface area contributed by atoms with Crippen molar-refractivity contribution in [1.82, 2.24) is 14.9 Å². The molecule has 0 bridgehead atoms. The molecule has 2 unspecified atom stereocenters. The van der Waals surface area contributed by atoms with Gasteiger partial charge in [0, 0.05) is 62.7 Å². The zero-order chi connectivity index (χ0) is 18.3. The lowest BCUT2D eigenvalue weighted by Crippen LogP contribution is -2.48. The van der Waals surface area contributed by atoms with Crippen LogP contribution in [-0.4, -0.2) is 53.1 Å². The maximum absolute atomic E-state index is 11.9. The monoisotopic (exact) mass is 356 g/mol. The summed E-state index contributed by atoms with van der Waals surface area (Å²) in [6, 6.07) is 2.66. The van der Waals surface area contributed by atoms with Crippen molar-refractivity contribution >= 4 is 22.6 Å². The molecule has 0 radical (unpaired) electrons. The lowest BCUT2D eigenvalue weighted by molar-refractivity contribution is -0.132. The first kappa shape index (κ1) is 17.3. The Labute approximate surface area is 154 Å². The van der Waals surface area contributed by atoms with Gasteiger partial charge in [-0.25, -0.2) is 4.98 Å². The Kier molecular flexibility index (Phi) is 4.61. The van der Waals surface area contributed by atoms with Crippen LogP contribution in [0.3, 0.4) is 0 Å². The Morgan fingerprint density at radius 2 is 2.31 bits per heavy atom. The topological polar surface area (TPSA) is 70.2 Å². The van der Waals surface area contributed by atoms with Crippen molar-refractivity contribution in [2.45, 2.75) is 51.1 Å². The van der Waals surface area contributed by atoms with E-state index < -0.39 is 0 Å². The molecular weight excluding hydrogens is 328 g/mol. The Morgan fingerprint density at radius 3 is 3.08 bits per heavy atom. The third kappa shape index (κ3) is 3.18. The van der Waals surface area contributed by atoms with Gasteiger partial charge in [0.2, 0.25) is 5.91 Å². The first-order valence-corrected chi connectivity index (χ1v) is 9.57. The summed E-state index contributed by atoms with van der Waals surface area (Å²) in [5.74, 6) is 1.32. The molecule has 1 aliphatic heterocycles. The first-order chi connectivity index (χ1) is 12.6. The highest BCUT2D eigenvalue weighted by molar-refractivity contribution is 5.93. The highest BCUT2D eigenvalue weighted by atomic mass is 16.5. The third-order valence-electron chi connectivity index (χ3n) is 5.95. The average Bonchev–Trinajstić information content (AvgIpc) is 3.24. The highest BCUT2D eigenvalue weighted by Crippen LogP contribution is 2.50. The van der Waals surface area contributed by atoms with E-state index in [1.54, 1.807) is 14.0 Å². The Morgan fingerprint density at radius 1 is 1.46 bits per heavy atom. The first-order valence-electron chi connectivity index (χ1n) is 9.57. The summed E-state index contributed by atoms with van der Waals surface area (Å²) >= 11 is 0. The molecule has 1 aliphatic carbocycles. The molecule has 4 atom stereocenters. The second-order valence-corrected chi connectivity index (χ2v) is 7.82. The molecule has 26 heavy (non-hydrogen) atoms. The largest absolute Gasteiger partial charge is 0.384 e. The molecule has 2 aliphatic rings. The van der Waals surface area contributed by atoms with E-state index in [9.17, 15) is 4.79 Å². The molecule has 2 fully saturated rings. The van der Waals surface area contributed by atoms with Crippen molar-refractivity contribution in [3.05, 3.63) is 24.0 Å². The van der Waals surface area contributed by atoms with Crippen LogP contribution in [0.4, 0.5) is 5.69 Å². The van der Waals surface area contributed by atoms with E-state index >= 15 is 0 Å². The summed E-state index contributed by atoms with van der Waals surface area (Å²) < 4.78 is 5.32. The fourth-order valence-corrected chi connectivity index (χ4v) is 4.40. The number of hydrogen-bond donors (Lipinski definition) is 2. The summed E-state index contributed by atoms with van der Waals surface area (Å²) in [4.78, 5) is 21.7. The van der Waals surface area contributed by atoms with Crippen LogP contribution in [0.2, 0.25) is 0 Å². The number of carbonyl (C=O) groups is 1. The number of carbonyl (C=O) groups excluding carboxylic acids is 1. The maximum atomic E-state index is 11.9. The van der Waals surface area contributed by atoms with Crippen molar-refractivity contribution in [1.29, 1.82) is 0 Å². The molecule has 6 nitrogen and oxygen atoms in total. The van der Waals surface area contributed by atoms with Gasteiger partial charge in [0.1, 0.15) is 5.65 Å². The fraction of sp³-hybridized carbons (Fsp3) is 0.600. The predicted molar refractivity (Wildman–Crippen MR) is 102 cm³/mol. The number of likely N-dealkylation sites (tertiary alicyclic amines) is 1. The second kappa shape index (κ2) is 6.91. The number of amides is 1. The van der Waals surface area contributed by atoms with Crippen molar-refractivity contribution < 1.29 is 9.53 Å². The number of fused-ring (bicyclic) bond motifs is 1. The lowest BCUT2D eigenvalue weighted by atomic mass is 9.98. The molecular formula is C20H28N4O2. The van der Waals surface area contributed by atoms with E-state index in [1.165, 1.54) is 17.4 Å². The number of methoxy groups -OCH3 is 1. The number of ether oxygens (including phenoxy) is 1. The molecule has 2 aromatic heterocycles. The SMILES string of the molecule is COCC1CC1c1c[nH]c2nccc(N[C@@H]3CC[C@H](C)N(C(C)=O)C3)c12. The van der Waals surface area contributed by atoms with Gasteiger partial charge in [-0.05, 0) is 49.7 Å². The molecule has 4 rings (SSSR count). The Balaban J connectivity index is 1.57. The van der Waals surface area contributed by atoms with Crippen LogP contribution >= 0.6 is 0 Å². The number of rotatable bonds is 5. The average molecular weight is 356 g/mol. The summed E-state index contributed by atoms with van der Waals surface area (Å²) in [7, 11) is 1.77. The van der Waals surface area contributed by atoms with E-state index in [-0.39, 0.29) is 11.9 Å². The van der Waals surface area contributed by atoms with E-state index in [1.807, 2.05) is 11.1 Å². The van der Waals surface area contributed by atoms with Crippen LogP contribution in [0.5, 0.6) is 0 Å². The van der Waals surface area contributed by atoms with Gasteiger partial charge >= 0.3 is 0 Å². The van der Waals surface area contributed by atoms with E-state index in [0.29, 0.717) is 17.9 Å². The van der Waals surface area contributed by atoms with Gasteiger partial charge in [-0.2, -0.15) is 0 Å². The van der Waals surface area contributed by atoms with E-state index in [0.717, 1.165) is 37.3 Å². The molecule has 2 aromatic rings. The van der Waals surface area contributed by atoms with Gasteiger partial charge in [0.05, 0.1) is 0 Å². The third-order valence-corrected chi connectivity index (χ3v) is 5.95. The van der Waals surface area contributed by atoms with Crippen molar-refractivity contribution in [2.24, 2.45) is 5.92 Å². The van der Waals surface area contributed by atoms with Gasteiger partial charge < -0.3 is 19.9 Å². The van der Waals surface area contributed by atoms with Gasteiger partial charge in [0.25, 0.3) is 0 Å². The van der Waals surface area contributed by atoms with E-state index in [2.05, 4.69) is 34.5 Å². The molecule has 140 valence electrons. The van der Waals surface area contributed by atoms with Crippen molar-refractivity contribution in [3.8, 4) is 0 Å². The van der Waals surface area contributed by atoms with Crippen LogP contribution in [-0.2, 0) is 9.53 Å². The molecule has 1 amide bonds. The van der Waals surface area contributed by atoms with Crippen molar-refractivity contribution in [3.63, 3.8) is 0 Å². The molecule has 0 spiro atoms. The Hall–Kier alpha value is -2.08. The smallest absolute Gasteiger partial charge is 0.219 e. The fourth-order valence-electron chi connectivity index (χ4n) is 4.40. The molecule has 0 aromatic carbocycles. The molecule has 1 saturated carbocycles. The van der Waals surface area contributed by atoms with Crippen LogP contribution in [0.15, 0.2) is 18.5 Å². The Bertz CT molecular complexity index is 802. The van der Waals surface area contributed by atoms with Crippen LogP contribution < -0.4 is 5.32 Å². The quantitative estimate of drug-likeness (QED) is 0.863. The minimum absolute atomic E-state index is 0.159. The molecule has 2 N–H and O–H groups in total. The minimum Gasteiger partial charge on any atom is -0.384 e. The number of aromatic nitrogens is 2. The lowest BCUT2D eigenvalue weighted by Gasteiger charge is -2.38. The molecule has 6 heteroatoms. The van der Waals surface area contributed by atoms with Gasteiger partial charge in [0.15, 0.2) is 0 Å². The van der Waals surface area contributed by atoms with Gasteiger partial charge in [-0.3, -0.25) is 4.79 Å². The highest BCUT2D eigenvalue weighted by Gasteiger charge is 2.40. The standard InChI is InChI=1S/C20H28N4O2/c1-12-4-5-15(10-24(12)13(2)25)23-18-6-7-21-20-19(18)17(9-22-20)16-8-14(16)11-26-3/h6-7,9,12,14-16H,4-5,8,10-11H2,1-3H3,(H2,21,22,23)/t12-,14?,15+,16?/m0/s1. The maximum Gasteiger partial charge on any atom is 0.219 e. The van der Waals surface area contributed by atoms with Crippen LogP contribution in [0, 0.1) is 5.92 Å². The predicted octanol–water partition coefficient (Wildman–Crippen LogP) is 3.12. The normalized spacial score (nSPS) is 28.3. The number of nitrogens with one attached hydrogen (secondary N) is 2. The number of hydrogen-bond acceptors (Lipinski definition) is 4. The van der Waals surface area contributed by atoms with Crippen LogP contribution in [0.25, 0.3) is 11.0 Å². The number of anilines is 1. The number of nitrogens with zero attached hydrogens (tertiary/aromatic N) is 2. The number of pyridine rings is 1. The van der Waals surface area contributed by atoms with Gasteiger partial charge in [-0.15, -0.1) is 0 Å². The summed E-state index contributed by atoms with van der Waals surface area (Å²) in [6.07, 6.45) is 7.23. The minimum atomic E-state index is 0.159. The molecule has 3 heterocycles. The summed E-state index contributed by atoms with van der Waals surface area (Å²) in [5, 5.41) is 4.90. The number of aromatic amines is 1. The van der Waals surface area contributed by atoms with E-state index in [4.69, 9.17) is 4.74 Å². The zero-order valence-electron chi connectivity index (χ0n) is 15.8. The zero-order valence-corrected chi connectivity index (χ0v) is 15.8. The van der Waals surface area contributed by atoms with Crippen LogP contribution in [0.1, 0.15) is 44.6 Å². The van der Waals surface area contributed by atoms with Crippen molar-refractivity contribution in [2.75, 3.05) is 25.6 Å². The summed E-state index contributed by atoms with van der Waals surface area (Å²) in [5.41, 5.74) is 3.39. The second-order valence-electron chi connectivity index (χ2n) is 7.82. The van der Waals surface area contributed by atoms with Gasteiger partial charge in [-0.1, -0.05) is 0 Å².